The Morgan fingerprint density at radius 1 is 1.39 bits per heavy atom. The van der Waals surface area contributed by atoms with E-state index in [0.717, 1.165) is 25.3 Å². The second-order valence-corrected chi connectivity index (χ2v) is 4.49. The summed E-state index contributed by atoms with van der Waals surface area (Å²) in [5, 5.41) is 0. The van der Waals surface area contributed by atoms with Gasteiger partial charge in [0.1, 0.15) is 0 Å². The number of piperidine rings is 1. The number of rotatable bonds is 2. The fourth-order valence-electron chi connectivity index (χ4n) is 2.34. The van der Waals surface area contributed by atoms with Gasteiger partial charge in [-0.2, -0.15) is 0 Å². The highest BCUT2D eigenvalue weighted by molar-refractivity contribution is 5.94. The van der Waals surface area contributed by atoms with E-state index in [1.807, 2.05) is 0 Å². The van der Waals surface area contributed by atoms with Gasteiger partial charge in [-0.05, 0) is 31.4 Å². The van der Waals surface area contributed by atoms with E-state index in [1.165, 1.54) is 12.1 Å². The smallest absolute Gasteiger partial charge is 0.257 e. The molecule has 1 aromatic carbocycles. The summed E-state index contributed by atoms with van der Waals surface area (Å²) >= 11 is 0. The molecule has 0 bridgehead atoms. The van der Waals surface area contributed by atoms with Gasteiger partial charge in [0.25, 0.3) is 5.91 Å². The SMILES string of the molecule is NCC1CCCCN1C(=O)c1cccc(F)c1F. The van der Waals surface area contributed by atoms with Crippen LogP contribution in [-0.4, -0.2) is 29.9 Å². The van der Waals surface area contributed by atoms with Gasteiger partial charge in [0.2, 0.25) is 0 Å². The number of nitrogens with zero attached hydrogens (tertiary/aromatic N) is 1. The minimum atomic E-state index is -1.08. The van der Waals surface area contributed by atoms with Crippen molar-refractivity contribution < 1.29 is 13.6 Å². The van der Waals surface area contributed by atoms with Gasteiger partial charge in [-0.3, -0.25) is 4.79 Å². The van der Waals surface area contributed by atoms with Crippen molar-refractivity contribution in [2.45, 2.75) is 25.3 Å². The van der Waals surface area contributed by atoms with E-state index in [-0.39, 0.29) is 11.6 Å². The molecule has 1 fully saturated rings. The maximum Gasteiger partial charge on any atom is 0.257 e. The van der Waals surface area contributed by atoms with Crippen LogP contribution in [-0.2, 0) is 0 Å². The number of nitrogens with two attached hydrogens (primary N) is 1. The highest BCUT2D eigenvalue weighted by Crippen LogP contribution is 2.21. The molecule has 1 unspecified atom stereocenters. The Morgan fingerprint density at radius 2 is 2.17 bits per heavy atom. The molecule has 1 saturated heterocycles. The maximum atomic E-state index is 13.6. The number of hydrogen-bond donors (Lipinski definition) is 1. The van der Waals surface area contributed by atoms with Gasteiger partial charge in [-0.15, -0.1) is 0 Å². The molecule has 0 spiro atoms. The molecular formula is C13H16F2N2O. The van der Waals surface area contributed by atoms with Gasteiger partial charge < -0.3 is 10.6 Å². The number of halogens is 2. The van der Waals surface area contributed by atoms with Gasteiger partial charge in [-0.25, -0.2) is 8.78 Å². The molecule has 1 aliphatic rings. The zero-order valence-corrected chi connectivity index (χ0v) is 10.0. The highest BCUT2D eigenvalue weighted by atomic mass is 19.2. The summed E-state index contributed by atoms with van der Waals surface area (Å²) in [6.07, 6.45) is 2.70. The third kappa shape index (κ3) is 2.36. The van der Waals surface area contributed by atoms with E-state index >= 15 is 0 Å². The molecule has 0 saturated carbocycles. The third-order valence-corrected chi connectivity index (χ3v) is 3.34. The van der Waals surface area contributed by atoms with E-state index in [2.05, 4.69) is 0 Å². The predicted octanol–water partition coefficient (Wildman–Crippen LogP) is 1.92. The summed E-state index contributed by atoms with van der Waals surface area (Å²) in [6.45, 7) is 0.902. The standard InChI is InChI=1S/C13H16F2N2O/c14-11-6-3-5-10(12(11)15)13(18)17-7-2-1-4-9(17)8-16/h3,5-6,9H,1-2,4,7-8,16H2. The van der Waals surface area contributed by atoms with Crippen LogP contribution < -0.4 is 5.73 Å². The molecule has 1 heterocycles. The monoisotopic (exact) mass is 254 g/mol. The van der Waals surface area contributed by atoms with E-state index in [1.54, 1.807) is 4.90 Å². The topological polar surface area (TPSA) is 46.3 Å². The lowest BCUT2D eigenvalue weighted by Gasteiger charge is -2.35. The Kier molecular flexibility index (Phi) is 3.91. The fraction of sp³-hybridized carbons (Fsp3) is 0.462. The van der Waals surface area contributed by atoms with Gasteiger partial charge >= 0.3 is 0 Å². The summed E-state index contributed by atoms with van der Waals surface area (Å²) in [7, 11) is 0. The average Bonchev–Trinajstić information content (AvgIpc) is 2.41. The first-order chi connectivity index (χ1) is 8.65. The predicted molar refractivity (Wildman–Crippen MR) is 64.1 cm³/mol. The van der Waals surface area contributed by atoms with Gasteiger partial charge in [0, 0.05) is 19.1 Å². The second kappa shape index (κ2) is 5.44. The van der Waals surface area contributed by atoms with E-state index in [9.17, 15) is 13.6 Å². The molecule has 0 aromatic heterocycles. The first-order valence-electron chi connectivity index (χ1n) is 6.10. The average molecular weight is 254 g/mol. The lowest BCUT2D eigenvalue weighted by atomic mass is 10.0. The Labute approximate surface area is 105 Å². The van der Waals surface area contributed by atoms with Crippen molar-refractivity contribution in [2.75, 3.05) is 13.1 Å². The number of carbonyl (C=O) groups excluding carboxylic acids is 1. The van der Waals surface area contributed by atoms with E-state index < -0.39 is 17.5 Å². The van der Waals surface area contributed by atoms with Crippen LogP contribution in [0, 0.1) is 11.6 Å². The number of amides is 1. The Bertz CT molecular complexity index is 451. The molecule has 18 heavy (non-hydrogen) atoms. The zero-order valence-electron chi connectivity index (χ0n) is 10.0. The Morgan fingerprint density at radius 3 is 2.89 bits per heavy atom. The van der Waals surface area contributed by atoms with Gasteiger partial charge in [0.15, 0.2) is 11.6 Å². The summed E-state index contributed by atoms with van der Waals surface area (Å²) in [5.41, 5.74) is 5.40. The van der Waals surface area contributed by atoms with Crippen LogP contribution in [0.15, 0.2) is 18.2 Å². The van der Waals surface area contributed by atoms with Crippen molar-refractivity contribution in [3.05, 3.63) is 35.4 Å². The summed E-state index contributed by atoms with van der Waals surface area (Å²) in [6, 6.07) is 3.58. The van der Waals surface area contributed by atoms with Crippen LogP contribution in [0.2, 0.25) is 0 Å². The van der Waals surface area contributed by atoms with Crippen LogP contribution in [0.25, 0.3) is 0 Å². The van der Waals surface area contributed by atoms with E-state index in [4.69, 9.17) is 5.73 Å². The van der Waals surface area contributed by atoms with Gasteiger partial charge in [0.05, 0.1) is 5.56 Å². The Hall–Kier alpha value is -1.49. The molecular weight excluding hydrogens is 238 g/mol. The molecule has 98 valence electrons. The molecule has 0 radical (unpaired) electrons. The first-order valence-corrected chi connectivity index (χ1v) is 6.10. The lowest BCUT2D eigenvalue weighted by Crippen LogP contribution is -2.47. The van der Waals surface area contributed by atoms with Crippen LogP contribution in [0.1, 0.15) is 29.6 Å². The molecule has 1 aromatic rings. The van der Waals surface area contributed by atoms with E-state index in [0.29, 0.717) is 13.1 Å². The Balaban J connectivity index is 2.27. The molecule has 2 rings (SSSR count). The third-order valence-electron chi connectivity index (χ3n) is 3.34. The summed E-state index contributed by atoms with van der Waals surface area (Å²) in [4.78, 5) is 13.8. The highest BCUT2D eigenvalue weighted by Gasteiger charge is 2.28. The molecule has 0 aliphatic carbocycles. The number of carbonyl (C=O) groups is 1. The molecule has 1 amide bonds. The normalized spacial score (nSPS) is 19.9. The minimum Gasteiger partial charge on any atom is -0.334 e. The fourth-order valence-corrected chi connectivity index (χ4v) is 2.34. The van der Waals surface area contributed by atoms with Crippen molar-refractivity contribution in [3.63, 3.8) is 0 Å². The van der Waals surface area contributed by atoms with Gasteiger partial charge in [-0.1, -0.05) is 6.07 Å². The van der Waals surface area contributed by atoms with Crippen LogP contribution in [0.3, 0.4) is 0 Å². The molecule has 1 atom stereocenters. The number of hydrogen-bond acceptors (Lipinski definition) is 2. The van der Waals surface area contributed by atoms with Crippen molar-refractivity contribution in [2.24, 2.45) is 5.73 Å². The van der Waals surface area contributed by atoms with Crippen molar-refractivity contribution in [1.29, 1.82) is 0 Å². The van der Waals surface area contributed by atoms with Crippen LogP contribution in [0.5, 0.6) is 0 Å². The minimum absolute atomic E-state index is 0.0751. The zero-order chi connectivity index (χ0) is 13.1. The van der Waals surface area contributed by atoms with Crippen molar-refractivity contribution in [1.82, 2.24) is 4.90 Å². The second-order valence-electron chi connectivity index (χ2n) is 4.49. The largest absolute Gasteiger partial charge is 0.334 e. The molecule has 5 heteroatoms. The molecule has 2 N–H and O–H groups in total. The number of benzene rings is 1. The molecule has 3 nitrogen and oxygen atoms in total. The molecule has 1 aliphatic heterocycles. The number of likely N-dealkylation sites (tertiary alicyclic amines) is 1. The maximum absolute atomic E-state index is 13.6. The van der Waals surface area contributed by atoms with Crippen molar-refractivity contribution >= 4 is 5.91 Å². The van der Waals surface area contributed by atoms with Crippen LogP contribution >= 0.6 is 0 Å². The summed E-state index contributed by atoms with van der Waals surface area (Å²) in [5.74, 6) is -2.55. The van der Waals surface area contributed by atoms with Crippen molar-refractivity contribution in [3.8, 4) is 0 Å². The lowest BCUT2D eigenvalue weighted by molar-refractivity contribution is 0.0617. The van der Waals surface area contributed by atoms with Crippen LogP contribution in [0.4, 0.5) is 8.78 Å². The first kappa shape index (κ1) is 13.0. The quantitative estimate of drug-likeness (QED) is 0.876. The summed E-state index contributed by atoms with van der Waals surface area (Å²) < 4.78 is 26.7.